The summed E-state index contributed by atoms with van der Waals surface area (Å²) >= 11 is 0. The summed E-state index contributed by atoms with van der Waals surface area (Å²) in [4.78, 5) is 11.8. The lowest BCUT2D eigenvalue weighted by Gasteiger charge is -2.04. The maximum atomic E-state index is 11.8. The van der Waals surface area contributed by atoms with Gasteiger partial charge >= 0.3 is 0 Å². The lowest BCUT2D eigenvalue weighted by Crippen LogP contribution is -2.10. The maximum Gasteiger partial charge on any atom is 0.258 e. The van der Waals surface area contributed by atoms with Crippen molar-refractivity contribution in [2.75, 3.05) is 5.32 Å². The van der Waals surface area contributed by atoms with Crippen LogP contribution >= 0.6 is 0 Å². The van der Waals surface area contributed by atoms with Gasteiger partial charge in [-0.2, -0.15) is 0 Å². The molecule has 0 aliphatic rings. The highest BCUT2D eigenvalue weighted by molar-refractivity contribution is 6.04. The number of furan rings is 1. The predicted octanol–water partition coefficient (Wildman–Crippen LogP) is 2.33. The second-order valence-electron chi connectivity index (χ2n) is 3.76. The molecule has 1 amide bonds. The lowest BCUT2D eigenvalue weighted by atomic mass is 10.2. The molecule has 0 unspecified atom stereocenters. The first-order valence-corrected chi connectivity index (χ1v) is 5.25. The lowest BCUT2D eigenvalue weighted by molar-refractivity contribution is 0.102. The second-order valence-corrected chi connectivity index (χ2v) is 3.76. The summed E-state index contributed by atoms with van der Waals surface area (Å²) in [6.45, 7) is 1.73. The summed E-state index contributed by atoms with van der Waals surface area (Å²) in [6, 6.07) is 8.74. The molecule has 2 N–H and O–H groups in total. The van der Waals surface area contributed by atoms with Crippen LogP contribution in [0.1, 0.15) is 21.7 Å². The number of aliphatic hydroxyl groups excluding tert-OH is 1. The number of carbonyl (C=O) groups excluding carboxylic acids is 1. The Kier molecular flexibility index (Phi) is 3.25. The van der Waals surface area contributed by atoms with E-state index < -0.39 is 0 Å². The van der Waals surface area contributed by atoms with Gasteiger partial charge in [0.1, 0.15) is 12.0 Å². The number of hydrogen-bond acceptors (Lipinski definition) is 3. The van der Waals surface area contributed by atoms with Crippen LogP contribution in [0.2, 0.25) is 0 Å². The molecule has 4 nitrogen and oxygen atoms in total. The molecule has 0 aliphatic carbocycles. The van der Waals surface area contributed by atoms with E-state index in [-0.39, 0.29) is 12.5 Å². The van der Waals surface area contributed by atoms with Gasteiger partial charge in [0.15, 0.2) is 0 Å². The first-order valence-electron chi connectivity index (χ1n) is 5.25. The largest absolute Gasteiger partial charge is 0.469 e. The summed E-state index contributed by atoms with van der Waals surface area (Å²) in [7, 11) is 0. The molecule has 0 radical (unpaired) electrons. The average molecular weight is 231 g/mol. The minimum Gasteiger partial charge on any atom is -0.469 e. The minimum atomic E-state index is -0.225. The topological polar surface area (TPSA) is 62.5 Å². The zero-order chi connectivity index (χ0) is 12.3. The van der Waals surface area contributed by atoms with Gasteiger partial charge in [-0.15, -0.1) is 0 Å². The van der Waals surface area contributed by atoms with Gasteiger partial charge in [-0.3, -0.25) is 4.79 Å². The third-order valence-electron chi connectivity index (χ3n) is 2.36. The van der Waals surface area contributed by atoms with Crippen molar-refractivity contribution < 1.29 is 14.3 Å². The average Bonchev–Trinajstić information content (AvgIpc) is 2.76. The molecule has 0 aliphatic heterocycles. The van der Waals surface area contributed by atoms with E-state index in [9.17, 15) is 4.79 Å². The number of nitrogens with one attached hydrogen (secondary N) is 1. The number of amides is 1. The molecule has 0 fully saturated rings. The van der Waals surface area contributed by atoms with Gasteiger partial charge < -0.3 is 14.8 Å². The van der Waals surface area contributed by atoms with Gasteiger partial charge in [-0.25, -0.2) is 0 Å². The molecule has 0 bridgehead atoms. The Morgan fingerprint density at radius 1 is 1.41 bits per heavy atom. The van der Waals surface area contributed by atoms with Crippen LogP contribution in [0.4, 0.5) is 5.69 Å². The van der Waals surface area contributed by atoms with E-state index in [1.165, 1.54) is 6.26 Å². The van der Waals surface area contributed by atoms with Gasteiger partial charge in [0.2, 0.25) is 0 Å². The highest BCUT2D eigenvalue weighted by Gasteiger charge is 2.08. The Bertz CT molecular complexity index is 531. The van der Waals surface area contributed by atoms with Crippen molar-refractivity contribution in [3.63, 3.8) is 0 Å². The molecule has 1 aromatic carbocycles. The second kappa shape index (κ2) is 4.84. The van der Waals surface area contributed by atoms with E-state index >= 15 is 0 Å². The van der Waals surface area contributed by atoms with Crippen molar-refractivity contribution in [2.45, 2.75) is 13.5 Å². The standard InChI is InChI=1S/C13H13NO3/c1-9-5-11(8-17-9)13(16)14-12-4-2-3-10(6-12)7-15/h2-6,8,15H,7H2,1H3,(H,14,16). The van der Waals surface area contributed by atoms with Crippen LogP contribution in [0, 0.1) is 6.92 Å². The van der Waals surface area contributed by atoms with Crippen molar-refractivity contribution in [3.05, 3.63) is 53.5 Å². The highest BCUT2D eigenvalue weighted by atomic mass is 16.3. The molecule has 2 rings (SSSR count). The van der Waals surface area contributed by atoms with E-state index in [4.69, 9.17) is 9.52 Å². The van der Waals surface area contributed by atoms with E-state index in [0.29, 0.717) is 17.0 Å². The number of benzene rings is 1. The molecule has 0 atom stereocenters. The van der Waals surface area contributed by atoms with E-state index in [1.807, 2.05) is 0 Å². The fourth-order valence-electron chi connectivity index (χ4n) is 1.51. The normalized spacial score (nSPS) is 10.2. The molecule has 0 spiro atoms. The fourth-order valence-corrected chi connectivity index (χ4v) is 1.51. The first-order chi connectivity index (χ1) is 8.19. The van der Waals surface area contributed by atoms with E-state index in [1.54, 1.807) is 37.3 Å². The van der Waals surface area contributed by atoms with Crippen molar-refractivity contribution in [1.82, 2.24) is 0 Å². The van der Waals surface area contributed by atoms with Crippen molar-refractivity contribution >= 4 is 11.6 Å². The van der Waals surface area contributed by atoms with Crippen molar-refractivity contribution in [2.24, 2.45) is 0 Å². The van der Waals surface area contributed by atoms with Gasteiger partial charge in [0, 0.05) is 5.69 Å². The van der Waals surface area contributed by atoms with Crippen LogP contribution in [0.25, 0.3) is 0 Å². The summed E-state index contributed by atoms with van der Waals surface area (Å²) in [6.07, 6.45) is 1.42. The molecule has 4 heteroatoms. The molecular weight excluding hydrogens is 218 g/mol. The number of carbonyl (C=O) groups is 1. The number of aryl methyl sites for hydroxylation is 1. The highest BCUT2D eigenvalue weighted by Crippen LogP contribution is 2.13. The SMILES string of the molecule is Cc1cc(C(=O)Nc2cccc(CO)c2)co1. The zero-order valence-electron chi connectivity index (χ0n) is 9.43. The van der Waals surface area contributed by atoms with E-state index in [0.717, 1.165) is 5.56 Å². The van der Waals surface area contributed by atoms with Crippen LogP contribution in [-0.2, 0) is 6.61 Å². The van der Waals surface area contributed by atoms with Crippen LogP contribution in [0.5, 0.6) is 0 Å². The minimum absolute atomic E-state index is 0.0471. The molecule has 1 heterocycles. The molecule has 0 saturated carbocycles. The number of aliphatic hydroxyl groups is 1. The summed E-state index contributed by atoms with van der Waals surface area (Å²) in [5.74, 6) is 0.469. The number of rotatable bonds is 3. The number of hydrogen-bond donors (Lipinski definition) is 2. The first kappa shape index (κ1) is 11.4. The Labute approximate surface area is 98.9 Å². The van der Waals surface area contributed by atoms with Crippen molar-refractivity contribution in [3.8, 4) is 0 Å². The molecular formula is C13H13NO3. The Morgan fingerprint density at radius 3 is 2.88 bits per heavy atom. The Balaban J connectivity index is 2.12. The summed E-state index contributed by atoms with van der Waals surface area (Å²) < 4.78 is 5.07. The Morgan fingerprint density at radius 2 is 2.24 bits per heavy atom. The smallest absolute Gasteiger partial charge is 0.258 e. The van der Waals surface area contributed by atoms with Crippen LogP contribution in [0.15, 0.2) is 41.0 Å². The molecule has 0 saturated heterocycles. The van der Waals surface area contributed by atoms with Crippen LogP contribution in [0.3, 0.4) is 0 Å². The summed E-state index contributed by atoms with van der Waals surface area (Å²) in [5.41, 5.74) is 1.89. The molecule has 88 valence electrons. The molecule has 2 aromatic rings. The molecule has 1 aromatic heterocycles. The maximum absolute atomic E-state index is 11.8. The zero-order valence-corrected chi connectivity index (χ0v) is 9.43. The monoisotopic (exact) mass is 231 g/mol. The summed E-state index contributed by atoms with van der Waals surface area (Å²) in [5, 5.41) is 11.7. The van der Waals surface area contributed by atoms with Crippen LogP contribution in [-0.4, -0.2) is 11.0 Å². The Hall–Kier alpha value is -2.07. The third-order valence-corrected chi connectivity index (χ3v) is 2.36. The van der Waals surface area contributed by atoms with Crippen LogP contribution < -0.4 is 5.32 Å². The fraction of sp³-hybridized carbons (Fsp3) is 0.154. The molecule has 17 heavy (non-hydrogen) atoms. The van der Waals surface area contributed by atoms with Gasteiger partial charge in [0.25, 0.3) is 5.91 Å². The third kappa shape index (κ3) is 2.73. The van der Waals surface area contributed by atoms with Gasteiger partial charge in [-0.1, -0.05) is 12.1 Å². The van der Waals surface area contributed by atoms with E-state index in [2.05, 4.69) is 5.32 Å². The number of anilines is 1. The van der Waals surface area contributed by atoms with Crippen molar-refractivity contribution in [1.29, 1.82) is 0 Å². The van der Waals surface area contributed by atoms with Gasteiger partial charge in [-0.05, 0) is 30.7 Å². The predicted molar refractivity (Wildman–Crippen MR) is 63.8 cm³/mol. The quantitative estimate of drug-likeness (QED) is 0.852. The van der Waals surface area contributed by atoms with Gasteiger partial charge in [0.05, 0.1) is 12.2 Å².